The van der Waals surface area contributed by atoms with Crippen LogP contribution in [-0.4, -0.2) is 102 Å². The van der Waals surface area contributed by atoms with Gasteiger partial charge in [0.1, 0.15) is 17.7 Å². The van der Waals surface area contributed by atoms with E-state index in [0.717, 1.165) is 17.5 Å². The number of benzene rings is 1. The number of nitrogens with zero attached hydrogens (tertiary/aromatic N) is 7. The van der Waals surface area contributed by atoms with Gasteiger partial charge >= 0.3 is 6.09 Å². The summed E-state index contributed by atoms with van der Waals surface area (Å²) in [5.41, 5.74) is 1.05. The number of hydrogen-bond acceptors (Lipinski definition) is 9. The monoisotopic (exact) mass is 561 g/mol. The third-order valence-corrected chi connectivity index (χ3v) is 8.62. The number of ether oxygens (including phenoxy) is 1. The predicted molar refractivity (Wildman–Crippen MR) is 145 cm³/mol. The Kier molecular flexibility index (Phi) is 6.68. The van der Waals surface area contributed by atoms with E-state index in [2.05, 4.69) is 32.0 Å². The van der Waals surface area contributed by atoms with Crippen molar-refractivity contribution in [1.29, 1.82) is 5.26 Å². The van der Waals surface area contributed by atoms with Crippen LogP contribution < -0.4 is 5.32 Å². The zero-order chi connectivity index (χ0) is 29.1. The molecule has 4 heterocycles. The summed E-state index contributed by atoms with van der Waals surface area (Å²) in [4.78, 5) is 45.8. The average Bonchev–Trinajstić information content (AvgIpc) is 3.36. The van der Waals surface area contributed by atoms with Crippen LogP contribution in [0.5, 0.6) is 0 Å². The number of alkyl carbamates (subject to hydrolysis) is 1. The van der Waals surface area contributed by atoms with Crippen molar-refractivity contribution in [1.82, 2.24) is 40.6 Å². The second kappa shape index (κ2) is 10.1. The minimum absolute atomic E-state index is 0.000474. The Morgan fingerprint density at radius 2 is 2.07 bits per heavy atom. The molecule has 0 radical (unpaired) electrons. The van der Waals surface area contributed by atoms with Crippen molar-refractivity contribution in [2.24, 2.45) is 5.92 Å². The Balaban J connectivity index is 1.17. The SMILES string of the molecule is C[C@@H](c1cccc(-c2nn[nH]n2)c1)N1C(=O)[C@@H]2C[C@H]1CN2C[C@H](NC(=O)OC(C)(C)C)C(=O)N1[C@H](C#N)C[C@@H]2C[C@@H]21. The van der Waals surface area contributed by atoms with E-state index in [0.29, 0.717) is 31.1 Å². The molecular weight excluding hydrogens is 526 g/mol. The Morgan fingerprint density at radius 3 is 2.76 bits per heavy atom. The van der Waals surface area contributed by atoms with Gasteiger partial charge in [-0.2, -0.15) is 10.5 Å². The van der Waals surface area contributed by atoms with Crippen LogP contribution in [-0.2, 0) is 14.3 Å². The number of carbonyl (C=O) groups excluding carboxylic acids is 3. The zero-order valence-electron chi connectivity index (χ0n) is 23.6. The number of aromatic amines is 1. The third kappa shape index (κ3) is 5.12. The second-order valence-corrected chi connectivity index (χ2v) is 12.5. The van der Waals surface area contributed by atoms with Crippen LogP contribution in [0.15, 0.2) is 24.3 Å². The number of nitriles is 1. The number of piperazine rings is 1. The van der Waals surface area contributed by atoms with Gasteiger partial charge in [0, 0.05) is 30.7 Å². The molecule has 3 amide bonds. The Bertz CT molecular complexity index is 1380. The van der Waals surface area contributed by atoms with Crippen LogP contribution in [0.4, 0.5) is 4.79 Å². The van der Waals surface area contributed by atoms with Gasteiger partial charge in [0.15, 0.2) is 0 Å². The highest BCUT2D eigenvalue weighted by Gasteiger charge is 2.56. The van der Waals surface area contributed by atoms with E-state index < -0.39 is 29.8 Å². The lowest BCUT2D eigenvalue weighted by Crippen LogP contribution is -2.59. The summed E-state index contributed by atoms with van der Waals surface area (Å²) in [5, 5.41) is 26.6. The van der Waals surface area contributed by atoms with Gasteiger partial charge < -0.3 is 19.9 Å². The van der Waals surface area contributed by atoms with Crippen molar-refractivity contribution in [2.45, 2.75) is 88.8 Å². The van der Waals surface area contributed by atoms with Crippen LogP contribution in [0.25, 0.3) is 11.4 Å². The lowest BCUT2D eigenvalue weighted by atomic mass is 10.0. The van der Waals surface area contributed by atoms with Gasteiger partial charge in [0.25, 0.3) is 0 Å². The molecule has 1 aromatic heterocycles. The largest absolute Gasteiger partial charge is 0.444 e. The van der Waals surface area contributed by atoms with Crippen molar-refractivity contribution in [3.05, 3.63) is 29.8 Å². The summed E-state index contributed by atoms with van der Waals surface area (Å²) >= 11 is 0. The van der Waals surface area contributed by atoms with Crippen LogP contribution >= 0.6 is 0 Å². The number of nitrogens with one attached hydrogen (secondary N) is 2. The fourth-order valence-corrected chi connectivity index (χ4v) is 6.72. The van der Waals surface area contributed by atoms with Gasteiger partial charge in [-0.1, -0.05) is 18.2 Å². The molecule has 0 spiro atoms. The number of piperidine rings is 1. The van der Waals surface area contributed by atoms with E-state index in [-0.39, 0.29) is 36.5 Å². The molecule has 1 aliphatic carbocycles. The maximum atomic E-state index is 13.8. The van der Waals surface area contributed by atoms with Crippen LogP contribution in [0.3, 0.4) is 0 Å². The molecule has 216 valence electrons. The molecule has 7 atom stereocenters. The van der Waals surface area contributed by atoms with Crippen LogP contribution in [0, 0.1) is 17.2 Å². The number of rotatable bonds is 7. The lowest BCUT2D eigenvalue weighted by molar-refractivity contribution is -0.141. The van der Waals surface area contributed by atoms with Crippen LogP contribution in [0.1, 0.15) is 58.6 Å². The summed E-state index contributed by atoms with van der Waals surface area (Å²) in [5.74, 6) is 0.553. The fraction of sp³-hybridized carbons (Fsp3) is 0.607. The lowest BCUT2D eigenvalue weighted by Gasteiger charge is -2.39. The third-order valence-electron chi connectivity index (χ3n) is 8.62. The molecule has 4 fully saturated rings. The maximum absolute atomic E-state index is 13.8. The van der Waals surface area contributed by atoms with Crippen molar-refractivity contribution in [3.63, 3.8) is 0 Å². The number of H-pyrrole nitrogens is 1. The number of likely N-dealkylation sites (tertiary alicyclic amines) is 3. The van der Waals surface area contributed by atoms with E-state index in [1.165, 1.54) is 0 Å². The van der Waals surface area contributed by atoms with Crippen molar-refractivity contribution >= 4 is 17.9 Å². The van der Waals surface area contributed by atoms with Crippen LogP contribution in [0.2, 0.25) is 0 Å². The van der Waals surface area contributed by atoms with Gasteiger partial charge in [-0.25, -0.2) is 4.79 Å². The number of hydrogen-bond donors (Lipinski definition) is 2. The zero-order valence-corrected chi connectivity index (χ0v) is 23.6. The highest BCUT2D eigenvalue weighted by Crippen LogP contribution is 2.48. The summed E-state index contributed by atoms with van der Waals surface area (Å²) in [6, 6.07) is 8.06. The molecule has 1 aromatic carbocycles. The molecule has 41 heavy (non-hydrogen) atoms. The number of fused-ring (bicyclic) bond motifs is 3. The van der Waals surface area contributed by atoms with E-state index in [4.69, 9.17) is 4.74 Å². The Hall–Kier alpha value is -4.05. The Labute approximate surface area is 238 Å². The molecular formula is C28H35N9O4. The first kappa shape index (κ1) is 27.1. The first-order valence-corrected chi connectivity index (χ1v) is 14.2. The van der Waals surface area contributed by atoms with E-state index in [1.54, 1.807) is 25.7 Å². The summed E-state index contributed by atoms with van der Waals surface area (Å²) < 4.78 is 5.46. The minimum Gasteiger partial charge on any atom is -0.444 e. The number of tetrazole rings is 1. The molecule has 6 rings (SSSR count). The molecule has 3 saturated heterocycles. The number of aromatic nitrogens is 4. The normalized spacial score (nSPS) is 28.3. The minimum atomic E-state index is -0.926. The topological polar surface area (TPSA) is 160 Å². The molecule has 3 aliphatic heterocycles. The summed E-state index contributed by atoms with van der Waals surface area (Å²) in [6.45, 7) is 8.05. The van der Waals surface area contributed by atoms with E-state index >= 15 is 0 Å². The predicted octanol–water partition coefficient (Wildman–Crippen LogP) is 1.62. The van der Waals surface area contributed by atoms with E-state index in [1.807, 2.05) is 41.0 Å². The van der Waals surface area contributed by atoms with Gasteiger partial charge in [-0.15, -0.1) is 10.2 Å². The fourth-order valence-electron chi connectivity index (χ4n) is 6.72. The molecule has 2 N–H and O–H groups in total. The Morgan fingerprint density at radius 1 is 1.27 bits per heavy atom. The molecule has 13 nitrogen and oxygen atoms in total. The van der Waals surface area contributed by atoms with Gasteiger partial charge in [-0.3, -0.25) is 14.5 Å². The highest BCUT2D eigenvalue weighted by molar-refractivity contribution is 5.89. The molecule has 4 aliphatic rings. The summed E-state index contributed by atoms with van der Waals surface area (Å²) in [6.07, 6.45) is 1.51. The van der Waals surface area contributed by atoms with Crippen molar-refractivity contribution < 1.29 is 19.1 Å². The smallest absolute Gasteiger partial charge is 0.408 e. The maximum Gasteiger partial charge on any atom is 0.408 e. The van der Waals surface area contributed by atoms with Gasteiger partial charge in [-0.05, 0) is 69.7 Å². The standard InChI is InChI=1S/C28H35N9O4/c1-15(16-6-5-7-17(8-16)24-31-33-34-32-24)36-20-11-23(26(36)39)35(13-20)14-21(30-27(40)41-28(2,3)4)25(38)37-19(12-29)9-18-10-22(18)37/h5-8,15,18-23H,9-11,13-14H2,1-4H3,(H,30,40)(H,31,32,33,34)/t15-,18+,19-,20-,21-,22-,23-/m0/s1. The summed E-state index contributed by atoms with van der Waals surface area (Å²) in [7, 11) is 0. The average molecular weight is 562 g/mol. The van der Waals surface area contributed by atoms with E-state index in [9.17, 15) is 19.6 Å². The van der Waals surface area contributed by atoms with Gasteiger partial charge in [0.2, 0.25) is 17.6 Å². The van der Waals surface area contributed by atoms with Crippen molar-refractivity contribution in [3.8, 4) is 17.5 Å². The number of carbonyl (C=O) groups is 3. The molecule has 0 unspecified atom stereocenters. The first-order chi connectivity index (χ1) is 19.5. The molecule has 2 bridgehead atoms. The van der Waals surface area contributed by atoms with Gasteiger partial charge in [0.05, 0.1) is 18.2 Å². The van der Waals surface area contributed by atoms with Crippen molar-refractivity contribution in [2.75, 3.05) is 13.1 Å². The second-order valence-electron chi connectivity index (χ2n) is 12.5. The molecule has 1 saturated carbocycles. The molecule has 13 heteroatoms. The quantitative estimate of drug-likeness (QED) is 0.512. The highest BCUT2D eigenvalue weighted by atomic mass is 16.6. The molecule has 2 aromatic rings. The first-order valence-electron chi connectivity index (χ1n) is 14.2. The number of amides is 3.